The minimum atomic E-state index is -0.549. The lowest BCUT2D eigenvalue weighted by Crippen LogP contribution is -2.05. The van der Waals surface area contributed by atoms with Gasteiger partial charge in [0.05, 0.1) is 10.6 Å². The lowest BCUT2D eigenvalue weighted by molar-refractivity contribution is -0.383. The summed E-state index contributed by atoms with van der Waals surface area (Å²) < 4.78 is 0.709. The van der Waals surface area contributed by atoms with Crippen LogP contribution in [-0.2, 0) is 0 Å². The molecular formula is C11H9BrClN5O2. The van der Waals surface area contributed by atoms with Crippen LogP contribution in [0.3, 0.4) is 0 Å². The fourth-order valence-corrected chi connectivity index (χ4v) is 2.06. The molecule has 0 saturated carbocycles. The van der Waals surface area contributed by atoms with E-state index in [2.05, 4.69) is 36.5 Å². The number of aromatic nitrogens is 2. The number of nitrogens with zero attached hydrogens (tertiary/aromatic N) is 3. The summed E-state index contributed by atoms with van der Waals surface area (Å²) in [5, 5.41) is 17.2. The van der Waals surface area contributed by atoms with Crippen LogP contribution in [0.15, 0.2) is 29.0 Å². The highest BCUT2D eigenvalue weighted by Crippen LogP contribution is 2.34. The van der Waals surface area contributed by atoms with Crippen molar-refractivity contribution in [3.05, 3.63) is 44.1 Å². The second-order valence-electron chi connectivity index (χ2n) is 3.68. The molecule has 1 aromatic heterocycles. The van der Waals surface area contributed by atoms with E-state index in [9.17, 15) is 10.1 Å². The van der Waals surface area contributed by atoms with Crippen molar-refractivity contribution >= 4 is 50.5 Å². The molecule has 0 saturated heterocycles. The van der Waals surface area contributed by atoms with Gasteiger partial charge in [0, 0.05) is 16.5 Å². The van der Waals surface area contributed by atoms with E-state index in [1.165, 1.54) is 6.33 Å². The molecule has 0 fully saturated rings. The monoisotopic (exact) mass is 357 g/mol. The number of nitro groups is 1. The molecule has 0 aliphatic rings. The van der Waals surface area contributed by atoms with Gasteiger partial charge >= 0.3 is 5.69 Å². The highest BCUT2D eigenvalue weighted by atomic mass is 79.9. The summed E-state index contributed by atoms with van der Waals surface area (Å²) in [7, 11) is 1.55. The highest BCUT2D eigenvalue weighted by molar-refractivity contribution is 9.10. The normalized spacial score (nSPS) is 10.2. The van der Waals surface area contributed by atoms with E-state index in [4.69, 9.17) is 11.6 Å². The predicted octanol–water partition coefficient (Wildman–Crippen LogP) is 3.59. The Kier molecular flexibility index (Phi) is 4.35. The van der Waals surface area contributed by atoms with Gasteiger partial charge in [-0.2, -0.15) is 0 Å². The van der Waals surface area contributed by atoms with E-state index >= 15 is 0 Å². The standard InChI is InChI=1S/C11H9BrClN5O2/c1-14-10-9(18(19)20)11(16-5-15-10)17-8-4-6(13)2-3-7(8)12/h2-5H,1H3,(H2,14,15,16,17). The zero-order chi connectivity index (χ0) is 14.7. The summed E-state index contributed by atoms with van der Waals surface area (Å²) in [6.07, 6.45) is 1.24. The van der Waals surface area contributed by atoms with Gasteiger partial charge in [-0.3, -0.25) is 10.1 Å². The molecule has 104 valence electrons. The minimum absolute atomic E-state index is 0.0808. The average Bonchev–Trinajstić information content (AvgIpc) is 2.42. The van der Waals surface area contributed by atoms with Crippen LogP contribution in [0.2, 0.25) is 5.02 Å². The first-order valence-corrected chi connectivity index (χ1v) is 6.59. The summed E-state index contributed by atoms with van der Waals surface area (Å²) in [6.45, 7) is 0. The summed E-state index contributed by atoms with van der Waals surface area (Å²) in [5.74, 6) is 0.211. The Morgan fingerprint density at radius 3 is 2.70 bits per heavy atom. The van der Waals surface area contributed by atoms with Crippen LogP contribution in [0, 0.1) is 10.1 Å². The molecule has 1 heterocycles. The van der Waals surface area contributed by atoms with Crippen molar-refractivity contribution in [3.8, 4) is 0 Å². The molecule has 0 atom stereocenters. The molecule has 0 spiro atoms. The lowest BCUT2D eigenvalue weighted by Gasteiger charge is -2.10. The van der Waals surface area contributed by atoms with Crippen LogP contribution in [0.5, 0.6) is 0 Å². The summed E-state index contributed by atoms with van der Waals surface area (Å²) >= 11 is 9.24. The summed E-state index contributed by atoms with van der Waals surface area (Å²) in [6, 6.07) is 5.07. The average molecular weight is 359 g/mol. The molecule has 0 unspecified atom stereocenters. The zero-order valence-electron chi connectivity index (χ0n) is 10.2. The molecule has 1 aromatic carbocycles. The topological polar surface area (TPSA) is 93.0 Å². The van der Waals surface area contributed by atoms with Gasteiger partial charge in [-0.1, -0.05) is 11.6 Å². The molecule has 2 N–H and O–H groups in total. The van der Waals surface area contributed by atoms with Crippen LogP contribution < -0.4 is 10.6 Å². The van der Waals surface area contributed by atoms with E-state index in [1.807, 2.05) is 0 Å². The Morgan fingerprint density at radius 1 is 1.35 bits per heavy atom. The first-order valence-electron chi connectivity index (χ1n) is 5.42. The van der Waals surface area contributed by atoms with Gasteiger partial charge in [0.1, 0.15) is 6.33 Å². The van der Waals surface area contributed by atoms with E-state index in [0.717, 1.165) is 0 Å². The Morgan fingerprint density at radius 2 is 2.05 bits per heavy atom. The molecule has 0 amide bonds. The van der Waals surface area contributed by atoms with Crippen molar-refractivity contribution in [1.29, 1.82) is 0 Å². The first-order chi connectivity index (χ1) is 9.52. The van der Waals surface area contributed by atoms with Crippen LogP contribution in [0.1, 0.15) is 0 Å². The van der Waals surface area contributed by atoms with Crippen molar-refractivity contribution in [1.82, 2.24) is 9.97 Å². The SMILES string of the molecule is CNc1ncnc(Nc2cc(Cl)ccc2Br)c1[N+](=O)[O-]. The van der Waals surface area contributed by atoms with Crippen molar-refractivity contribution < 1.29 is 4.92 Å². The third kappa shape index (κ3) is 2.97. The fraction of sp³-hybridized carbons (Fsp3) is 0.0909. The Balaban J connectivity index is 2.48. The third-order valence-electron chi connectivity index (χ3n) is 2.42. The molecule has 2 aromatic rings. The van der Waals surface area contributed by atoms with Gasteiger partial charge in [-0.15, -0.1) is 0 Å². The summed E-state index contributed by atoms with van der Waals surface area (Å²) in [4.78, 5) is 18.3. The van der Waals surface area contributed by atoms with E-state index < -0.39 is 4.92 Å². The quantitative estimate of drug-likeness (QED) is 0.641. The first kappa shape index (κ1) is 14.5. The second-order valence-corrected chi connectivity index (χ2v) is 4.97. The fourth-order valence-electron chi connectivity index (χ4n) is 1.55. The second kappa shape index (κ2) is 6.02. The van der Waals surface area contributed by atoms with Crippen molar-refractivity contribution in [2.45, 2.75) is 0 Å². The van der Waals surface area contributed by atoms with Crippen LogP contribution >= 0.6 is 27.5 Å². The molecule has 0 aliphatic carbocycles. The summed E-state index contributed by atoms with van der Waals surface area (Å²) in [5.41, 5.74) is 0.336. The number of hydrogen-bond acceptors (Lipinski definition) is 6. The number of nitrogens with one attached hydrogen (secondary N) is 2. The molecule has 2 rings (SSSR count). The molecule has 0 aliphatic heterocycles. The van der Waals surface area contributed by atoms with Gasteiger partial charge in [-0.05, 0) is 34.1 Å². The molecule has 20 heavy (non-hydrogen) atoms. The van der Waals surface area contributed by atoms with Crippen LogP contribution in [0.25, 0.3) is 0 Å². The predicted molar refractivity (Wildman–Crippen MR) is 80.7 cm³/mol. The van der Waals surface area contributed by atoms with E-state index in [1.54, 1.807) is 25.2 Å². The van der Waals surface area contributed by atoms with Crippen molar-refractivity contribution in [2.75, 3.05) is 17.7 Å². The number of hydrogen-bond donors (Lipinski definition) is 2. The van der Waals surface area contributed by atoms with Crippen LogP contribution in [-0.4, -0.2) is 21.9 Å². The molecule has 0 radical (unpaired) electrons. The number of halogens is 2. The van der Waals surface area contributed by atoms with Crippen molar-refractivity contribution in [2.24, 2.45) is 0 Å². The van der Waals surface area contributed by atoms with Crippen molar-refractivity contribution in [3.63, 3.8) is 0 Å². The maximum atomic E-state index is 11.2. The largest absolute Gasteiger partial charge is 0.367 e. The smallest absolute Gasteiger partial charge is 0.353 e. The maximum absolute atomic E-state index is 11.2. The van der Waals surface area contributed by atoms with Gasteiger partial charge in [0.2, 0.25) is 11.6 Å². The van der Waals surface area contributed by atoms with E-state index in [0.29, 0.717) is 15.2 Å². The Labute approximate surface area is 127 Å². The van der Waals surface area contributed by atoms with Gasteiger partial charge in [0.25, 0.3) is 0 Å². The maximum Gasteiger partial charge on any atom is 0.353 e. The third-order valence-corrected chi connectivity index (χ3v) is 3.35. The van der Waals surface area contributed by atoms with Gasteiger partial charge in [0.15, 0.2) is 0 Å². The Hall–Kier alpha value is -1.93. The molecular weight excluding hydrogens is 350 g/mol. The van der Waals surface area contributed by atoms with Gasteiger partial charge < -0.3 is 10.6 Å². The molecule has 9 heteroatoms. The van der Waals surface area contributed by atoms with E-state index in [-0.39, 0.29) is 17.3 Å². The number of anilines is 3. The van der Waals surface area contributed by atoms with Crippen LogP contribution in [0.4, 0.5) is 23.0 Å². The molecule has 0 bridgehead atoms. The Bertz CT molecular complexity index is 667. The highest BCUT2D eigenvalue weighted by Gasteiger charge is 2.22. The lowest BCUT2D eigenvalue weighted by atomic mass is 10.3. The molecule has 7 nitrogen and oxygen atoms in total. The number of benzene rings is 1. The number of rotatable bonds is 4. The minimum Gasteiger partial charge on any atom is -0.367 e. The zero-order valence-corrected chi connectivity index (χ0v) is 12.6. The van der Waals surface area contributed by atoms with Gasteiger partial charge in [-0.25, -0.2) is 9.97 Å².